The third-order valence-corrected chi connectivity index (χ3v) is 3.64. The van der Waals surface area contributed by atoms with Crippen molar-refractivity contribution in [3.8, 4) is 0 Å². The van der Waals surface area contributed by atoms with Gasteiger partial charge < -0.3 is 14.6 Å². The molecule has 0 saturated heterocycles. The molecule has 19 heavy (non-hydrogen) atoms. The standard InChI is InChI=1S/C16H30N2O/c1-4-6-7-15(5-2)13-18-10-8-16(14-18)12-17-9-11-19-3/h8,10,14-15,17H,4-7,9,11-13H2,1-3H3. The lowest BCUT2D eigenvalue weighted by atomic mass is 9.99. The number of ether oxygens (including phenoxy) is 1. The summed E-state index contributed by atoms with van der Waals surface area (Å²) in [5.41, 5.74) is 1.36. The molecule has 0 spiro atoms. The maximum absolute atomic E-state index is 5.02. The van der Waals surface area contributed by atoms with Crippen molar-refractivity contribution < 1.29 is 4.74 Å². The lowest BCUT2D eigenvalue weighted by molar-refractivity contribution is 0.199. The van der Waals surface area contributed by atoms with Crippen LogP contribution in [0.3, 0.4) is 0 Å². The lowest BCUT2D eigenvalue weighted by Gasteiger charge is -2.15. The van der Waals surface area contributed by atoms with E-state index in [1.165, 1.54) is 31.2 Å². The van der Waals surface area contributed by atoms with Gasteiger partial charge >= 0.3 is 0 Å². The van der Waals surface area contributed by atoms with Crippen LogP contribution in [0.15, 0.2) is 18.5 Å². The van der Waals surface area contributed by atoms with Crippen molar-refractivity contribution in [3.63, 3.8) is 0 Å². The first-order valence-electron chi connectivity index (χ1n) is 7.64. The van der Waals surface area contributed by atoms with E-state index in [0.29, 0.717) is 0 Å². The Balaban J connectivity index is 2.32. The van der Waals surface area contributed by atoms with Gasteiger partial charge in [0.2, 0.25) is 0 Å². The quantitative estimate of drug-likeness (QED) is 0.621. The number of aromatic nitrogens is 1. The molecule has 1 rings (SSSR count). The highest BCUT2D eigenvalue weighted by Crippen LogP contribution is 2.15. The second-order valence-electron chi connectivity index (χ2n) is 5.30. The highest BCUT2D eigenvalue weighted by atomic mass is 16.5. The van der Waals surface area contributed by atoms with Crippen molar-refractivity contribution in [2.24, 2.45) is 5.92 Å². The molecule has 0 fully saturated rings. The molecule has 1 aromatic heterocycles. The highest BCUT2D eigenvalue weighted by molar-refractivity contribution is 5.09. The van der Waals surface area contributed by atoms with Gasteiger partial charge in [-0.05, 0) is 24.0 Å². The molecule has 110 valence electrons. The van der Waals surface area contributed by atoms with E-state index in [-0.39, 0.29) is 0 Å². The summed E-state index contributed by atoms with van der Waals surface area (Å²) in [6.07, 6.45) is 9.77. The Kier molecular flexibility index (Phi) is 8.59. The first kappa shape index (κ1) is 16.3. The molecule has 0 amide bonds. The second-order valence-corrected chi connectivity index (χ2v) is 5.30. The van der Waals surface area contributed by atoms with Crippen molar-refractivity contribution in [2.75, 3.05) is 20.3 Å². The van der Waals surface area contributed by atoms with E-state index in [2.05, 4.69) is 42.2 Å². The van der Waals surface area contributed by atoms with Gasteiger partial charge in [-0.2, -0.15) is 0 Å². The zero-order chi connectivity index (χ0) is 13.9. The molecule has 0 aromatic carbocycles. The second kappa shape index (κ2) is 10.0. The van der Waals surface area contributed by atoms with Gasteiger partial charge in [0.25, 0.3) is 0 Å². The van der Waals surface area contributed by atoms with Crippen molar-refractivity contribution in [1.82, 2.24) is 9.88 Å². The van der Waals surface area contributed by atoms with Gasteiger partial charge in [-0.15, -0.1) is 0 Å². The zero-order valence-electron chi connectivity index (χ0n) is 12.8. The Labute approximate surface area is 118 Å². The minimum Gasteiger partial charge on any atom is -0.383 e. The van der Waals surface area contributed by atoms with Crippen molar-refractivity contribution in [1.29, 1.82) is 0 Å². The van der Waals surface area contributed by atoms with Gasteiger partial charge in [-0.3, -0.25) is 0 Å². The first-order valence-corrected chi connectivity index (χ1v) is 7.64. The smallest absolute Gasteiger partial charge is 0.0587 e. The summed E-state index contributed by atoms with van der Waals surface area (Å²) >= 11 is 0. The average Bonchev–Trinajstić information content (AvgIpc) is 2.87. The van der Waals surface area contributed by atoms with E-state index >= 15 is 0 Å². The van der Waals surface area contributed by atoms with Gasteiger partial charge in [0.05, 0.1) is 6.61 Å². The van der Waals surface area contributed by atoms with E-state index in [4.69, 9.17) is 4.74 Å². The van der Waals surface area contributed by atoms with Gasteiger partial charge in [0.15, 0.2) is 0 Å². The number of hydrogen-bond acceptors (Lipinski definition) is 2. The Hall–Kier alpha value is -0.800. The predicted molar refractivity (Wildman–Crippen MR) is 81.3 cm³/mol. The number of nitrogens with zero attached hydrogens (tertiary/aromatic N) is 1. The van der Waals surface area contributed by atoms with Gasteiger partial charge in [-0.1, -0.05) is 33.1 Å². The largest absolute Gasteiger partial charge is 0.383 e. The fourth-order valence-electron chi connectivity index (χ4n) is 2.33. The van der Waals surface area contributed by atoms with Crippen LogP contribution in [0.25, 0.3) is 0 Å². The molecule has 1 atom stereocenters. The van der Waals surface area contributed by atoms with E-state index in [0.717, 1.165) is 32.2 Å². The number of nitrogens with one attached hydrogen (secondary N) is 1. The van der Waals surface area contributed by atoms with Crippen molar-refractivity contribution >= 4 is 0 Å². The summed E-state index contributed by atoms with van der Waals surface area (Å²) in [5.74, 6) is 0.821. The van der Waals surface area contributed by atoms with Crippen LogP contribution in [0.4, 0.5) is 0 Å². The molecule has 0 aliphatic carbocycles. The molecule has 1 heterocycles. The third-order valence-electron chi connectivity index (χ3n) is 3.64. The summed E-state index contributed by atoms with van der Waals surface area (Å²) in [4.78, 5) is 0. The molecular weight excluding hydrogens is 236 g/mol. The van der Waals surface area contributed by atoms with Crippen LogP contribution in [0.5, 0.6) is 0 Å². The number of unbranched alkanes of at least 4 members (excludes halogenated alkanes) is 1. The molecule has 1 unspecified atom stereocenters. The normalized spacial score (nSPS) is 12.8. The van der Waals surface area contributed by atoms with Crippen LogP contribution in [-0.2, 0) is 17.8 Å². The molecule has 1 N–H and O–H groups in total. The lowest BCUT2D eigenvalue weighted by Crippen LogP contribution is -2.18. The summed E-state index contributed by atoms with van der Waals surface area (Å²) in [5, 5.41) is 3.38. The Bertz CT molecular complexity index is 322. The zero-order valence-corrected chi connectivity index (χ0v) is 12.8. The monoisotopic (exact) mass is 266 g/mol. The molecule has 0 aliphatic heterocycles. The van der Waals surface area contributed by atoms with E-state index in [1.54, 1.807) is 7.11 Å². The Morgan fingerprint density at radius 2 is 2.21 bits per heavy atom. The molecule has 0 aliphatic rings. The molecule has 0 bridgehead atoms. The molecule has 3 heteroatoms. The average molecular weight is 266 g/mol. The highest BCUT2D eigenvalue weighted by Gasteiger charge is 2.07. The summed E-state index contributed by atoms with van der Waals surface area (Å²) in [6, 6.07) is 2.21. The first-order chi connectivity index (χ1) is 9.30. The maximum Gasteiger partial charge on any atom is 0.0587 e. The fraction of sp³-hybridized carbons (Fsp3) is 0.750. The third kappa shape index (κ3) is 6.79. The minimum absolute atomic E-state index is 0.773. The van der Waals surface area contributed by atoms with Crippen molar-refractivity contribution in [2.45, 2.75) is 52.6 Å². The molecule has 0 radical (unpaired) electrons. The molecule has 0 saturated carbocycles. The maximum atomic E-state index is 5.02. The molecule has 3 nitrogen and oxygen atoms in total. The summed E-state index contributed by atoms with van der Waals surface area (Å²) in [7, 11) is 1.74. The van der Waals surface area contributed by atoms with Crippen LogP contribution in [0.1, 0.15) is 45.1 Å². The predicted octanol–water partition coefficient (Wildman–Crippen LogP) is 3.44. The topological polar surface area (TPSA) is 26.2 Å². The van der Waals surface area contributed by atoms with E-state index in [9.17, 15) is 0 Å². The van der Waals surface area contributed by atoms with Crippen LogP contribution in [0.2, 0.25) is 0 Å². The van der Waals surface area contributed by atoms with E-state index in [1.807, 2.05) is 0 Å². The van der Waals surface area contributed by atoms with Crippen LogP contribution in [0, 0.1) is 5.92 Å². The number of rotatable bonds is 11. The fourth-order valence-corrected chi connectivity index (χ4v) is 2.33. The summed E-state index contributed by atoms with van der Waals surface area (Å²) < 4.78 is 7.37. The Morgan fingerprint density at radius 1 is 1.37 bits per heavy atom. The molecular formula is C16H30N2O. The van der Waals surface area contributed by atoms with E-state index < -0.39 is 0 Å². The van der Waals surface area contributed by atoms with Gasteiger partial charge in [0.1, 0.15) is 0 Å². The number of hydrogen-bond donors (Lipinski definition) is 1. The van der Waals surface area contributed by atoms with Crippen molar-refractivity contribution in [3.05, 3.63) is 24.0 Å². The number of methoxy groups -OCH3 is 1. The van der Waals surface area contributed by atoms with Crippen LogP contribution in [-0.4, -0.2) is 24.8 Å². The molecule has 1 aromatic rings. The van der Waals surface area contributed by atoms with Gasteiger partial charge in [0, 0.05) is 39.1 Å². The SMILES string of the molecule is CCCCC(CC)Cn1ccc(CNCCOC)c1. The van der Waals surface area contributed by atoms with Crippen LogP contribution < -0.4 is 5.32 Å². The van der Waals surface area contributed by atoms with Crippen LogP contribution >= 0.6 is 0 Å². The minimum atomic E-state index is 0.773. The summed E-state index contributed by atoms with van der Waals surface area (Å²) in [6.45, 7) is 8.35. The Morgan fingerprint density at radius 3 is 2.89 bits per heavy atom. The van der Waals surface area contributed by atoms with Gasteiger partial charge in [-0.25, -0.2) is 0 Å².